The van der Waals surface area contributed by atoms with E-state index >= 15 is 0 Å². The van der Waals surface area contributed by atoms with E-state index in [0.29, 0.717) is 5.95 Å². The average Bonchev–Trinajstić information content (AvgIpc) is 3.01. The Labute approximate surface area is 130 Å². The molecule has 3 aromatic rings. The number of aryl methyl sites for hydroxylation is 2. The monoisotopic (exact) mass is 314 g/mol. The molecular formula is C14H14N6O3. The lowest BCUT2D eigenvalue weighted by molar-refractivity contribution is -0.385. The number of nitrogens with one attached hydrogen (secondary N) is 1. The van der Waals surface area contributed by atoms with Crippen LogP contribution < -0.4 is 5.32 Å². The Bertz CT molecular complexity index is 911. The SMILES string of the molecule is Cc1nn(CC(=O)Nc2nc3ccccc3n2C)cc1[N+](=O)[O-]. The summed E-state index contributed by atoms with van der Waals surface area (Å²) in [7, 11) is 1.80. The Kier molecular flexibility index (Phi) is 3.53. The number of benzene rings is 1. The molecule has 0 spiro atoms. The van der Waals surface area contributed by atoms with Crippen LogP contribution in [0.15, 0.2) is 30.5 Å². The molecule has 118 valence electrons. The zero-order valence-electron chi connectivity index (χ0n) is 12.6. The number of aromatic nitrogens is 4. The van der Waals surface area contributed by atoms with Gasteiger partial charge in [-0.2, -0.15) is 5.10 Å². The number of hydrogen-bond acceptors (Lipinski definition) is 5. The molecule has 1 aromatic carbocycles. The third kappa shape index (κ3) is 2.76. The minimum absolute atomic E-state index is 0.111. The first-order chi connectivity index (χ1) is 11.0. The van der Waals surface area contributed by atoms with Crippen molar-refractivity contribution in [3.05, 3.63) is 46.3 Å². The summed E-state index contributed by atoms with van der Waals surface area (Å²) in [6.45, 7) is 1.40. The average molecular weight is 314 g/mol. The van der Waals surface area contributed by atoms with Crippen LogP contribution in [0.3, 0.4) is 0 Å². The summed E-state index contributed by atoms with van der Waals surface area (Å²) in [6, 6.07) is 7.51. The number of nitrogens with zero attached hydrogens (tertiary/aromatic N) is 5. The van der Waals surface area contributed by atoms with Gasteiger partial charge in [0.2, 0.25) is 11.9 Å². The summed E-state index contributed by atoms with van der Waals surface area (Å²) in [5.74, 6) is 0.0513. The van der Waals surface area contributed by atoms with Gasteiger partial charge in [-0.25, -0.2) is 4.98 Å². The van der Waals surface area contributed by atoms with Crippen LogP contribution in [0.4, 0.5) is 11.6 Å². The van der Waals surface area contributed by atoms with Gasteiger partial charge >= 0.3 is 5.69 Å². The van der Waals surface area contributed by atoms with E-state index in [0.717, 1.165) is 11.0 Å². The molecule has 0 aliphatic carbocycles. The predicted octanol–water partition coefficient (Wildman–Crippen LogP) is 1.63. The number of fused-ring (bicyclic) bond motifs is 1. The van der Waals surface area contributed by atoms with Gasteiger partial charge in [-0.1, -0.05) is 12.1 Å². The number of para-hydroxylation sites is 2. The molecular weight excluding hydrogens is 300 g/mol. The summed E-state index contributed by atoms with van der Waals surface area (Å²) >= 11 is 0. The van der Waals surface area contributed by atoms with E-state index in [1.54, 1.807) is 11.6 Å². The Morgan fingerprint density at radius 1 is 1.39 bits per heavy atom. The molecule has 0 bridgehead atoms. The van der Waals surface area contributed by atoms with Crippen LogP contribution in [-0.4, -0.2) is 30.2 Å². The molecule has 0 unspecified atom stereocenters. The maximum absolute atomic E-state index is 12.1. The largest absolute Gasteiger partial charge is 0.313 e. The summed E-state index contributed by atoms with van der Waals surface area (Å²) in [5, 5.41) is 17.4. The van der Waals surface area contributed by atoms with E-state index in [4.69, 9.17) is 0 Å². The molecule has 0 saturated carbocycles. The number of hydrogen-bond donors (Lipinski definition) is 1. The highest BCUT2D eigenvalue weighted by Gasteiger charge is 2.17. The highest BCUT2D eigenvalue weighted by atomic mass is 16.6. The Balaban J connectivity index is 1.77. The third-order valence-electron chi connectivity index (χ3n) is 3.46. The molecule has 3 rings (SSSR count). The second-order valence-corrected chi connectivity index (χ2v) is 5.09. The first-order valence-corrected chi connectivity index (χ1v) is 6.85. The molecule has 9 nitrogen and oxygen atoms in total. The van der Waals surface area contributed by atoms with Crippen molar-refractivity contribution in [3.63, 3.8) is 0 Å². The van der Waals surface area contributed by atoms with Crippen molar-refractivity contribution in [3.8, 4) is 0 Å². The van der Waals surface area contributed by atoms with Crippen molar-refractivity contribution in [1.82, 2.24) is 19.3 Å². The fourth-order valence-corrected chi connectivity index (χ4v) is 2.34. The van der Waals surface area contributed by atoms with Gasteiger partial charge in [0.05, 0.1) is 16.0 Å². The maximum atomic E-state index is 12.1. The maximum Gasteiger partial charge on any atom is 0.309 e. The van der Waals surface area contributed by atoms with Crippen LogP contribution >= 0.6 is 0 Å². The normalized spacial score (nSPS) is 10.9. The van der Waals surface area contributed by atoms with E-state index in [9.17, 15) is 14.9 Å². The van der Waals surface area contributed by atoms with Crippen LogP contribution in [0.5, 0.6) is 0 Å². The van der Waals surface area contributed by atoms with Crippen molar-refractivity contribution < 1.29 is 9.72 Å². The predicted molar refractivity (Wildman–Crippen MR) is 83.0 cm³/mol. The molecule has 0 radical (unpaired) electrons. The highest BCUT2D eigenvalue weighted by molar-refractivity contribution is 5.91. The van der Waals surface area contributed by atoms with Gasteiger partial charge in [-0.3, -0.25) is 24.9 Å². The van der Waals surface area contributed by atoms with Gasteiger partial charge in [0, 0.05) is 7.05 Å². The third-order valence-corrected chi connectivity index (χ3v) is 3.46. The van der Waals surface area contributed by atoms with Crippen LogP contribution in [0, 0.1) is 17.0 Å². The van der Waals surface area contributed by atoms with Crippen molar-refractivity contribution in [2.75, 3.05) is 5.32 Å². The molecule has 0 aliphatic rings. The van der Waals surface area contributed by atoms with E-state index < -0.39 is 4.92 Å². The lowest BCUT2D eigenvalue weighted by atomic mass is 10.3. The van der Waals surface area contributed by atoms with E-state index in [1.807, 2.05) is 24.3 Å². The molecule has 0 saturated heterocycles. The summed E-state index contributed by atoms with van der Waals surface area (Å²) in [4.78, 5) is 26.7. The molecule has 0 aliphatic heterocycles. The number of carbonyl (C=O) groups is 1. The Hall–Kier alpha value is -3.23. The Morgan fingerprint density at radius 2 is 2.13 bits per heavy atom. The fourth-order valence-electron chi connectivity index (χ4n) is 2.34. The van der Waals surface area contributed by atoms with Crippen LogP contribution in [0.1, 0.15) is 5.69 Å². The minimum Gasteiger partial charge on any atom is -0.313 e. The topological polar surface area (TPSA) is 108 Å². The van der Waals surface area contributed by atoms with Gasteiger partial charge in [0.15, 0.2) is 0 Å². The molecule has 0 atom stereocenters. The number of nitro groups is 1. The molecule has 9 heteroatoms. The Morgan fingerprint density at radius 3 is 2.78 bits per heavy atom. The van der Waals surface area contributed by atoms with Crippen molar-refractivity contribution in [1.29, 1.82) is 0 Å². The van der Waals surface area contributed by atoms with Gasteiger partial charge in [-0.15, -0.1) is 0 Å². The first-order valence-electron chi connectivity index (χ1n) is 6.85. The first kappa shape index (κ1) is 14.7. The van der Waals surface area contributed by atoms with Gasteiger partial charge in [0.1, 0.15) is 18.4 Å². The number of amides is 1. The van der Waals surface area contributed by atoms with Gasteiger partial charge in [-0.05, 0) is 19.1 Å². The zero-order chi connectivity index (χ0) is 16.6. The number of rotatable bonds is 4. The van der Waals surface area contributed by atoms with E-state index in [1.165, 1.54) is 17.8 Å². The molecule has 23 heavy (non-hydrogen) atoms. The van der Waals surface area contributed by atoms with Crippen molar-refractivity contribution >= 4 is 28.6 Å². The molecule has 2 aromatic heterocycles. The number of anilines is 1. The van der Waals surface area contributed by atoms with Crippen molar-refractivity contribution in [2.45, 2.75) is 13.5 Å². The van der Waals surface area contributed by atoms with Crippen LogP contribution in [0.25, 0.3) is 11.0 Å². The summed E-state index contributed by atoms with van der Waals surface area (Å²) < 4.78 is 3.01. The second-order valence-electron chi connectivity index (χ2n) is 5.09. The summed E-state index contributed by atoms with van der Waals surface area (Å²) in [5.41, 5.74) is 1.83. The zero-order valence-corrected chi connectivity index (χ0v) is 12.6. The molecule has 2 heterocycles. The minimum atomic E-state index is -0.526. The quantitative estimate of drug-likeness (QED) is 0.581. The van der Waals surface area contributed by atoms with E-state index in [-0.39, 0.29) is 23.8 Å². The van der Waals surface area contributed by atoms with Crippen LogP contribution in [-0.2, 0) is 18.4 Å². The second kappa shape index (κ2) is 5.52. The summed E-state index contributed by atoms with van der Waals surface area (Å²) in [6.07, 6.45) is 1.24. The standard InChI is InChI=1S/C14H14N6O3/c1-9-12(20(22)23)7-19(17-9)8-13(21)16-14-15-10-5-3-4-6-11(10)18(14)2/h3-7H,8H2,1-2H3,(H,15,16,21). The van der Waals surface area contributed by atoms with Gasteiger partial charge in [0.25, 0.3) is 0 Å². The lowest BCUT2D eigenvalue weighted by Crippen LogP contribution is -2.21. The molecule has 0 fully saturated rings. The lowest BCUT2D eigenvalue weighted by Gasteiger charge is -2.05. The number of imidazole rings is 1. The van der Waals surface area contributed by atoms with Gasteiger partial charge < -0.3 is 4.57 Å². The molecule has 1 amide bonds. The highest BCUT2D eigenvalue weighted by Crippen LogP contribution is 2.18. The number of carbonyl (C=O) groups excluding carboxylic acids is 1. The van der Waals surface area contributed by atoms with E-state index in [2.05, 4.69) is 15.4 Å². The molecule has 1 N–H and O–H groups in total. The smallest absolute Gasteiger partial charge is 0.309 e. The fraction of sp³-hybridized carbons (Fsp3) is 0.214. The van der Waals surface area contributed by atoms with Crippen LogP contribution in [0.2, 0.25) is 0 Å². The van der Waals surface area contributed by atoms with Crippen molar-refractivity contribution in [2.24, 2.45) is 7.05 Å².